The number of nitrogens with one attached hydrogen (secondary N) is 1. The van der Waals surface area contributed by atoms with Crippen molar-refractivity contribution in [2.45, 2.75) is 5.78 Å². The second-order valence-corrected chi connectivity index (χ2v) is 6.77. The first-order chi connectivity index (χ1) is 7.70. The molecule has 0 spiro atoms. The molecule has 1 aromatic rings. The lowest BCUT2D eigenvalue weighted by Crippen LogP contribution is -2.22. The molecule has 96 valence electrons. The van der Waals surface area contributed by atoms with Gasteiger partial charge in [-0.15, -0.1) is 0 Å². The lowest BCUT2D eigenvalue weighted by molar-refractivity contribution is 0.343. The molecule has 0 radical (unpaired) electrons. The van der Waals surface area contributed by atoms with E-state index in [-0.39, 0.29) is 5.56 Å². The first-order valence-corrected chi connectivity index (χ1v) is 8.06. The van der Waals surface area contributed by atoms with E-state index >= 15 is 0 Å². The molecule has 0 aromatic heterocycles. The Bertz CT molecular complexity index is 452. The van der Waals surface area contributed by atoms with Gasteiger partial charge in [0.2, 0.25) is 0 Å². The first kappa shape index (κ1) is 14.5. The van der Waals surface area contributed by atoms with E-state index in [0.29, 0.717) is 0 Å². The number of hydrogen-bond acceptors (Lipinski definition) is 3. The highest BCUT2D eigenvalue weighted by Gasteiger charge is 2.31. The molecule has 0 aliphatic carbocycles. The molecule has 1 aromatic carbocycles. The van der Waals surface area contributed by atoms with Crippen molar-refractivity contribution < 1.29 is 28.7 Å². The zero-order valence-electron chi connectivity index (χ0n) is 8.67. The Hall–Kier alpha value is -0.520. The van der Waals surface area contributed by atoms with Crippen LogP contribution in [0.2, 0.25) is 0 Å². The van der Waals surface area contributed by atoms with Crippen molar-refractivity contribution in [2.75, 3.05) is 6.29 Å². The Balaban J connectivity index is 2.91. The zero-order chi connectivity index (χ0) is 13.1. The molecule has 7 nitrogen and oxygen atoms in total. The van der Waals surface area contributed by atoms with Gasteiger partial charge in [0.05, 0.1) is 6.29 Å². The van der Waals surface area contributed by atoms with E-state index in [4.69, 9.17) is 19.6 Å². The normalized spacial score (nSPS) is 14.6. The van der Waals surface area contributed by atoms with Crippen molar-refractivity contribution in [1.82, 2.24) is 5.32 Å². The van der Waals surface area contributed by atoms with Crippen LogP contribution in [0, 0.1) is 0 Å². The summed E-state index contributed by atoms with van der Waals surface area (Å²) in [5.74, 6) is -1.42. The van der Waals surface area contributed by atoms with Gasteiger partial charge in [-0.1, -0.05) is 30.3 Å². The quantitative estimate of drug-likeness (QED) is 0.500. The summed E-state index contributed by atoms with van der Waals surface area (Å²) in [6, 6.07) is 7.77. The van der Waals surface area contributed by atoms with Crippen molar-refractivity contribution in [2.24, 2.45) is 0 Å². The predicted molar refractivity (Wildman–Crippen MR) is 61.3 cm³/mol. The third-order valence-corrected chi connectivity index (χ3v) is 3.69. The molecule has 5 N–H and O–H groups in total. The predicted octanol–water partition coefficient (Wildman–Crippen LogP) is 0.588. The van der Waals surface area contributed by atoms with Crippen LogP contribution in [0.5, 0.6) is 0 Å². The van der Waals surface area contributed by atoms with Crippen molar-refractivity contribution in [1.29, 1.82) is 0 Å². The highest BCUT2D eigenvalue weighted by Crippen LogP contribution is 2.50. The van der Waals surface area contributed by atoms with Crippen molar-refractivity contribution in [3.63, 3.8) is 0 Å². The fraction of sp³-hybridized carbons (Fsp3) is 0.250. The Labute approximate surface area is 97.8 Å². The van der Waals surface area contributed by atoms with Crippen LogP contribution in [0.15, 0.2) is 30.3 Å². The molecule has 0 saturated carbocycles. The second kappa shape index (κ2) is 5.42. The Kier molecular flexibility index (Phi) is 4.63. The average Bonchev–Trinajstić information content (AvgIpc) is 2.15. The van der Waals surface area contributed by atoms with Gasteiger partial charge in [-0.25, -0.2) is 0 Å². The van der Waals surface area contributed by atoms with Crippen LogP contribution >= 0.6 is 15.2 Å². The van der Waals surface area contributed by atoms with E-state index in [1.807, 2.05) is 0 Å². The minimum atomic E-state index is -4.54. The lowest BCUT2D eigenvalue weighted by atomic mass is 10.2. The van der Waals surface area contributed by atoms with Gasteiger partial charge in [-0.2, -0.15) is 0 Å². The smallest absolute Gasteiger partial charge is 0.324 e. The third kappa shape index (κ3) is 5.10. The summed E-state index contributed by atoms with van der Waals surface area (Å²) in [5.41, 5.74) is 0.272. The minimum absolute atomic E-state index is 0.272. The van der Waals surface area contributed by atoms with E-state index in [9.17, 15) is 9.13 Å². The van der Waals surface area contributed by atoms with Gasteiger partial charge in [-0.3, -0.25) is 14.4 Å². The Morgan fingerprint density at radius 3 is 2.00 bits per heavy atom. The first-order valence-electron chi connectivity index (χ1n) is 4.58. The van der Waals surface area contributed by atoms with Gasteiger partial charge in [0.15, 0.2) is 0 Å². The summed E-state index contributed by atoms with van der Waals surface area (Å²) in [7, 11) is -8.90. The van der Waals surface area contributed by atoms with Crippen molar-refractivity contribution in [3.05, 3.63) is 35.9 Å². The summed E-state index contributed by atoms with van der Waals surface area (Å²) < 4.78 is 21.9. The molecule has 0 aliphatic rings. The summed E-state index contributed by atoms with van der Waals surface area (Å²) >= 11 is 0. The maximum Gasteiger partial charge on any atom is 0.346 e. The minimum Gasteiger partial charge on any atom is -0.324 e. The van der Waals surface area contributed by atoms with Crippen LogP contribution < -0.4 is 5.32 Å². The molecular weight excluding hydrogens is 268 g/mol. The van der Waals surface area contributed by atoms with Gasteiger partial charge in [0, 0.05) is 0 Å². The standard InChI is InChI=1S/C8H13NO6P2/c10-16(11,12)6-9-8(17(13,14)15)7-4-2-1-3-5-7/h1-5,8-9H,6H2,(H2,10,11,12)(H2,13,14,15). The van der Waals surface area contributed by atoms with Crippen LogP contribution in [-0.4, -0.2) is 25.9 Å². The van der Waals surface area contributed by atoms with Gasteiger partial charge in [-0.05, 0) is 5.56 Å². The van der Waals surface area contributed by atoms with Gasteiger partial charge < -0.3 is 19.6 Å². The summed E-state index contributed by atoms with van der Waals surface area (Å²) in [6.45, 7) is 0. The van der Waals surface area contributed by atoms with E-state index in [1.165, 1.54) is 12.1 Å². The highest BCUT2D eigenvalue weighted by atomic mass is 31.2. The number of hydrogen-bond donors (Lipinski definition) is 5. The van der Waals surface area contributed by atoms with Gasteiger partial charge in [0.25, 0.3) is 0 Å². The van der Waals surface area contributed by atoms with Crippen LogP contribution in [0.3, 0.4) is 0 Å². The molecule has 9 heteroatoms. The topological polar surface area (TPSA) is 127 Å². The van der Waals surface area contributed by atoms with E-state index < -0.39 is 27.3 Å². The SMILES string of the molecule is O=P(O)(O)CNC(c1ccccc1)P(=O)(O)O. The van der Waals surface area contributed by atoms with Crippen LogP contribution in [-0.2, 0) is 9.13 Å². The summed E-state index contributed by atoms with van der Waals surface area (Å²) in [6.07, 6.45) is -0.794. The molecule has 1 rings (SSSR count). The fourth-order valence-corrected chi connectivity index (χ4v) is 2.73. The number of benzene rings is 1. The maximum atomic E-state index is 11.2. The van der Waals surface area contributed by atoms with Crippen LogP contribution in [0.25, 0.3) is 0 Å². The zero-order valence-corrected chi connectivity index (χ0v) is 10.5. The maximum absolute atomic E-state index is 11.2. The van der Waals surface area contributed by atoms with Crippen LogP contribution in [0.4, 0.5) is 0 Å². The van der Waals surface area contributed by atoms with Crippen LogP contribution in [0.1, 0.15) is 11.3 Å². The average molecular weight is 281 g/mol. The molecule has 1 atom stereocenters. The molecule has 1 unspecified atom stereocenters. The van der Waals surface area contributed by atoms with Gasteiger partial charge in [0.1, 0.15) is 5.78 Å². The summed E-state index contributed by atoms with van der Waals surface area (Å²) in [5, 5.41) is 2.19. The third-order valence-electron chi connectivity index (χ3n) is 1.94. The molecule has 0 amide bonds. The van der Waals surface area contributed by atoms with E-state index in [2.05, 4.69) is 5.32 Å². The molecule has 17 heavy (non-hydrogen) atoms. The molecule has 0 saturated heterocycles. The molecule has 0 aliphatic heterocycles. The monoisotopic (exact) mass is 281 g/mol. The van der Waals surface area contributed by atoms with Crippen molar-refractivity contribution in [3.8, 4) is 0 Å². The molecule has 0 heterocycles. The molecular formula is C8H13NO6P2. The Morgan fingerprint density at radius 2 is 1.59 bits per heavy atom. The van der Waals surface area contributed by atoms with E-state index in [1.54, 1.807) is 18.2 Å². The molecule has 0 fully saturated rings. The lowest BCUT2D eigenvalue weighted by Gasteiger charge is -2.20. The number of rotatable bonds is 5. The highest BCUT2D eigenvalue weighted by molar-refractivity contribution is 7.53. The second-order valence-electron chi connectivity index (χ2n) is 3.43. The summed E-state index contributed by atoms with van der Waals surface area (Å²) in [4.78, 5) is 35.6. The van der Waals surface area contributed by atoms with Crippen molar-refractivity contribution >= 4 is 15.2 Å². The van der Waals surface area contributed by atoms with Gasteiger partial charge >= 0.3 is 15.2 Å². The largest absolute Gasteiger partial charge is 0.346 e. The van der Waals surface area contributed by atoms with E-state index in [0.717, 1.165) is 0 Å². The Morgan fingerprint density at radius 1 is 1.06 bits per heavy atom. The fourth-order valence-electron chi connectivity index (χ4n) is 1.27. The molecule has 0 bridgehead atoms.